The summed E-state index contributed by atoms with van der Waals surface area (Å²) >= 11 is 1.49. The molecule has 0 aliphatic heterocycles. The molecular weight excluding hydrogens is 370 g/mol. The highest BCUT2D eigenvalue weighted by Crippen LogP contribution is 2.24. The SMILES string of the molecule is CCNC(=NCCNS(=O)(=O)c1cc(C)sc1C)NCCn1cccc1. The summed E-state index contributed by atoms with van der Waals surface area (Å²) in [4.78, 5) is 6.57. The van der Waals surface area contributed by atoms with E-state index in [1.807, 2.05) is 45.3 Å². The smallest absolute Gasteiger partial charge is 0.241 e. The van der Waals surface area contributed by atoms with E-state index in [0.717, 1.165) is 29.4 Å². The van der Waals surface area contributed by atoms with Gasteiger partial charge in [0.1, 0.15) is 0 Å². The van der Waals surface area contributed by atoms with Crippen LogP contribution in [-0.4, -0.2) is 45.1 Å². The molecular formula is C17H27N5O2S2. The number of guanidine groups is 1. The molecule has 2 rings (SSSR count). The van der Waals surface area contributed by atoms with Gasteiger partial charge in [-0.25, -0.2) is 13.1 Å². The number of hydrogen-bond acceptors (Lipinski definition) is 4. The minimum absolute atomic E-state index is 0.255. The van der Waals surface area contributed by atoms with Crippen molar-refractivity contribution in [1.29, 1.82) is 0 Å². The maximum absolute atomic E-state index is 12.4. The van der Waals surface area contributed by atoms with Crippen LogP contribution in [0, 0.1) is 13.8 Å². The molecule has 9 heteroatoms. The Labute approximate surface area is 159 Å². The molecule has 0 unspecified atom stereocenters. The Balaban J connectivity index is 1.82. The summed E-state index contributed by atoms with van der Waals surface area (Å²) in [5, 5.41) is 6.40. The third-order valence-electron chi connectivity index (χ3n) is 3.63. The van der Waals surface area contributed by atoms with Gasteiger partial charge in [0.05, 0.1) is 11.4 Å². The average Bonchev–Trinajstić information content (AvgIpc) is 3.21. The molecule has 2 aromatic heterocycles. The molecule has 2 heterocycles. The van der Waals surface area contributed by atoms with Crippen molar-refractivity contribution < 1.29 is 8.42 Å². The molecule has 2 aromatic rings. The quantitative estimate of drug-likeness (QED) is 0.341. The molecule has 144 valence electrons. The van der Waals surface area contributed by atoms with Crippen LogP contribution >= 0.6 is 11.3 Å². The molecule has 0 bridgehead atoms. The lowest BCUT2D eigenvalue weighted by atomic mass is 10.4. The van der Waals surface area contributed by atoms with Gasteiger partial charge in [-0.05, 0) is 39.0 Å². The van der Waals surface area contributed by atoms with Crippen molar-refractivity contribution in [2.75, 3.05) is 26.2 Å². The predicted octanol–water partition coefficient (Wildman–Crippen LogP) is 1.70. The van der Waals surface area contributed by atoms with Crippen molar-refractivity contribution in [3.05, 3.63) is 40.3 Å². The van der Waals surface area contributed by atoms with Crippen LogP contribution in [0.4, 0.5) is 0 Å². The zero-order chi connectivity index (χ0) is 19.0. The van der Waals surface area contributed by atoms with Gasteiger partial charge in [-0.3, -0.25) is 4.99 Å². The molecule has 0 atom stereocenters. The van der Waals surface area contributed by atoms with E-state index in [1.165, 1.54) is 11.3 Å². The third kappa shape index (κ3) is 6.15. The second-order valence-corrected chi connectivity index (χ2v) is 8.98. The Kier molecular flexibility index (Phi) is 7.67. The minimum Gasteiger partial charge on any atom is -0.357 e. The number of thiophene rings is 1. The predicted molar refractivity (Wildman–Crippen MR) is 107 cm³/mol. The second kappa shape index (κ2) is 9.75. The Morgan fingerprint density at radius 3 is 2.54 bits per heavy atom. The summed E-state index contributed by atoms with van der Waals surface area (Å²) in [7, 11) is -3.48. The maximum atomic E-state index is 12.4. The third-order valence-corrected chi connectivity index (χ3v) is 6.31. The van der Waals surface area contributed by atoms with Gasteiger partial charge in [-0.1, -0.05) is 0 Å². The number of aliphatic imine (C=N–C) groups is 1. The number of aromatic nitrogens is 1. The highest BCUT2D eigenvalue weighted by atomic mass is 32.2. The van der Waals surface area contributed by atoms with E-state index in [9.17, 15) is 8.42 Å². The fourth-order valence-electron chi connectivity index (χ4n) is 2.46. The Morgan fingerprint density at radius 1 is 1.19 bits per heavy atom. The van der Waals surface area contributed by atoms with E-state index in [1.54, 1.807) is 6.07 Å². The normalized spacial score (nSPS) is 12.3. The summed E-state index contributed by atoms with van der Waals surface area (Å²) in [5.74, 6) is 0.682. The van der Waals surface area contributed by atoms with Crippen molar-refractivity contribution >= 4 is 27.3 Å². The minimum atomic E-state index is -3.48. The van der Waals surface area contributed by atoms with Crippen LogP contribution < -0.4 is 15.4 Å². The van der Waals surface area contributed by atoms with E-state index in [4.69, 9.17) is 0 Å². The van der Waals surface area contributed by atoms with Crippen LogP contribution in [0.15, 0.2) is 40.5 Å². The van der Waals surface area contributed by atoms with Crippen molar-refractivity contribution in [2.45, 2.75) is 32.2 Å². The number of rotatable bonds is 9. The molecule has 0 radical (unpaired) electrons. The summed E-state index contributed by atoms with van der Waals surface area (Å²) in [6.07, 6.45) is 4.02. The molecule has 7 nitrogen and oxygen atoms in total. The zero-order valence-corrected chi connectivity index (χ0v) is 17.1. The Morgan fingerprint density at radius 2 is 1.92 bits per heavy atom. The van der Waals surface area contributed by atoms with Crippen molar-refractivity contribution in [3.8, 4) is 0 Å². The van der Waals surface area contributed by atoms with Gasteiger partial charge >= 0.3 is 0 Å². The molecule has 3 N–H and O–H groups in total. The molecule has 0 amide bonds. The number of aryl methyl sites for hydroxylation is 2. The maximum Gasteiger partial charge on any atom is 0.241 e. The van der Waals surface area contributed by atoms with Gasteiger partial charge < -0.3 is 15.2 Å². The molecule has 26 heavy (non-hydrogen) atoms. The molecule has 0 spiro atoms. The Bertz CT molecular complexity index is 810. The van der Waals surface area contributed by atoms with Gasteiger partial charge in [-0.2, -0.15) is 0 Å². The fraction of sp³-hybridized carbons (Fsp3) is 0.471. The van der Waals surface area contributed by atoms with Gasteiger partial charge in [0.25, 0.3) is 0 Å². The summed E-state index contributed by atoms with van der Waals surface area (Å²) < 4.78 is 29.4. The first kappa shape index (κ1) is 20.5. The molecule has 0 aliphatic rings. The molecule has 0 aliphatic carbocycles. The standard InChI is InChI=1S/C17H27N5O2S2/c1-4-18-17(20-9-12-22-10-5-6-11-22)19-7-8-21-26(23,24)16-13-14(2)25-15(16)3/h5-6,10-11,13,21H,4,7-9,12H2,1-3H3,(H2,18,19,20). The summed E-state index contributed by atoms with van der Waals surface area (Å²) in [6, 6.07) is 5.68. The van der Waals surface area contributed by atoms with E-state index in [0.29, 0.717) is 17.4 Å². The van der Waals surface area contributed by atoms with Crippen LogP contribution in [0.25, 0.3) is 0 Å². The van der Waals surface area contributed by atoms with Crippen molar-refractivity contribution in [3.63, 3.8) is 0 Å². The monoisotopic (exact) mass is 397 g/mol. The second-order valence-electron chi connectivity index (χ2n) is 5.78. The van der Waals surface area contributed by atoms with Gasteiger partial charge in [0.2, 0.25) is 10.0 Å². The summed E-state index contributed by atoms with van der Waals surface area (Å²) in [6.45, 7) is 8.65. The van der Waals surface area contributed by atoms with Crippen molar-refractivity contribution in [2.24, 2.45) is 4.99 Å². The molecule has 0 aromatic carbocycles. The van der Waals surface area contributed by atoms with Crippen LogP contribution in [0.2, 0.25) is 0 Å². The number of sulfonamides is 1. The first-order valence-electron chi connectivity index (χ1n) is 8.62. The summed E-state index contributed by atoms with van der Waals surface area (Å²) in [5.41, 5.74) is 0. The van der Waals surface area contributed by atoms with Crippen LogP contribution in [-0.2, 0) is 16.6 Å². The van der Waals surface area contributed by atoms with E-state index >= 15 is 0 Å². The lowest BCUT2D eigenvalue weighted by Gasteiger charge is -2.12. The van der Waals surface area contributed by atoms with E-state index in [-0.39, 0.29) is 6.54 Å². The van der Waals surface area contributed by atoms with Crippen LogP contribution in [0.3, 0.4) is 0 Å². The molecule has 0 fully saturated rings. The Hall–Kier alpha value is -1.84. The molecule has 0 saturated carbocycles. The molecule has 0 saturated heterocycles. The topological polar surface area (TPSA) is 87.5 Å². The first-order valence-corrected chi connectivity index (χ1v) is 10.9. The number of nitrogens with one attached hydrogen (secondary N) is 3. The lowest BCUT2D eigenvalue weighted by Crippen LogP contribution is -2.39. The van der Waals surface area contributed by atoms with Crippen LogP contribution in [0.5, 0.6) is 0 Å². The highest BCUT2D eigenvalue weighted by Gasteiger charge is 2.18. The van der Waals surface area contributed by atoms with Crippen LogP contribution in [0.1, 0.15) is 16.7 Å². The van der Waals surface area contributed by atoms with Gasteiger partial charge in [0, 0.05) is 48.3 Å². The highest BCUT2D eigenvalue weighted by molar-refractivity contribution is 7.89. The van der Waals surface area contributed by atoms with Gasteiger partial charge in [0.15, 0.2) is 5.96 Å². The van der Waals surface area contributed by atoms with Gasteiger partial charge in [-0.15, -0.1) is 11.3 Å². The van der Waals surface area contributed by atoms with E-state index in [2.05, 4.69) is 24.9 Å². The van der Waals surface area contributed by atoms with E-state index < -0.39 is 10.0 Å². The number of hydrogen-bond donors (Lipinski definition) is 3. The average molecular weight is 398 g/mol. The van der Waals surface area contributed by atoms with Crippen molar-refractivity contribution in [1.82, 2.24) is 19.9 Å². The fourth-order valence-corrected chi connectivity index (χ4v) is 5.04. The number of nitrogens with zero attached hydrogens (tertiary/aromatic N) is 2. The lowest BCUT2D eigenvalue weighted by molar-refractivity contribution is 0.582. The largest absolute Gasteiger partial charge is 0.357 e. The zero-order valence-electron chi connectivity index (χ0n) is 15.4. The first-order chi connectivity index (χ1) is 12.4.